The maximum atomic E-state index is 14.1. The number of ether oxygens (including phenoxy) is 2. The molecule has 0 spiro atoms. The van der Waals surface area contributed by atoms with Crippen molar-refractivity contribution in [2.45, 2.75) is 91.8 Å². The lowest BCUT2D eigenvalue weighted by Crippen LogP contribution is -2.55. The molecule has 9 nitrogen and oxygen atoms in total. The Morgan fingerprint density at radius 1 is 1.08 bits per heavy atom. The van der Waals surface area contributed by atoms with Gasteiger partial charge in [-0.25, -0.2) is 4.79 Å². The van der Waals surface area contributed by atoms with Gasteiger partial charge < -0.3 is 25.0 Å². The molecule has 2 N–H and O–H groups in total. The van der Waals surface area contributed by atoms with E-state index in [9.17, 15) is 19.2 Å². The number of nitrogens with one attached hydrogen (secondary N) is 2. The van der Waals surface area contributed by atoms with Crippen molar-refractivity contribution in [2.75, 3.05) is 19.7 Å². The third-order valence-corrected chi connectivity index (χ3v) is 6.07. The van der Waals surface area contributed by atoms with Crippen molar-refractivity contribution in [3.05, 3.63) is 35.4 Å². The molecule has 0 aliphatic heterocycles. The van der Waals surface area contributed by atoms with Gasteiger partial charge in [0, 0.05) is 18.7 Å². The van der Waals surface area contributed by atoms with E-state index in [0.717, 1.165) is 6.42 Å². The van der Waals surface area contributed by atoms with Crippen LogP contribution >= 0.6 is 0 Å². The molecule has 0 radical (unpaired) electrons. The summed E-state index contributed by atoms with van der Waals surface area (Å²) in [5.74, 6) is 1.06. The summed E-state index contributed by atoms with van der Waals surface area (Å²) in [5, 5.41) is 5.52. The summed E-state index contributed by atoms with van der Waals surface area (Å²) < 4.78 is 10.4. The van der Waals surface area contributed by atoms with Gasteiger partial charge >= 0.3 is 12.1 Å². The Hall–Kier alpha value is -3.54. The van der Waals surface area contributed by atoms with Crippen LogP contribution in [0.1, 0.15) is 91.3 Å². The lowest BCUT2D eigenvalue weighted by atomic mass is 9.95. The van der Waals surface area contributed by atoms with Crippen LogP contribution in [0.2, 0.25) is 0 Å². The maximum absolute atomic E-state index is 14.1. The van der Waals surface area contributed by atoms with E-state index in [2.05, 4.69) is 16.6 Å². The normalized spacial score (nSPS) is 13.3. The first kappa shape index (κ1) is 33.5. The molecule has 3 amide bonds. The molecule has 1 aromatic rings. The van der Waals surface area contributed by atoms with E-state index in [1.165, 1.54) is 4.90 Å². The van der Waals surface area contributed by atoms with Gasteiger partial charge in [0.05, 0.1) is 13.0 Å². The van der Waals surface area contributed by atoms with Crippen molar-refractivity contribution in [1.82, 2.24) is 15.5 Å². The second-order valence-electron chi connectivity index (χ2n) is 10.4. The second-order valence-corrected chi connectivity index (χ2v) is 10.4. The van der Waals surface area contributed by atoms with E-state index in [0.29, 0.717) is 24.0 Å². The first-order chi connectivity index (χ1) is 18.4. The Morgan fingerprint density at radius 3 is 2.23 bits per heavy atom. The number of benzene rings is 1. The van der Waals surface area contributed by atoms with Crippen molar-refractivity contribution in [3.63, 3.8) is 0 Å². The fourth-order valence-corrected chi connectivity index (χ4v) is 3.84. The first-order valence-electron chi connectivity index (χ1n) is 13.7. The molecule has 0 aliphatic rings. The van der Waals surface area contributed by atoms with Gasteiger partial charge in [-0.15, -0.1) is 6.42 Å². The molecule has 0 fully saturated rings. The second kappa shape index (κ2) is 16.4. The summed E-state index contributed by atoms with van der Waals surface area (Å²) in [6.07, 6.45) is 6.85. The smallest absolute Gasteiger partial charge is 0.408 e. The number of amides is 3. The zero-order valence-corrected chi connectivity index (χ0v) is 24.5. The van der Waals surface area contributed by atoms with Gasteiger partial charge in [0.1, 0.15) is 17.7 Å². The standard InChI is InChI=1S/C30H45N3O6/c1-9-13-20-33(28(36)25(21(5)10-2)32-29(37)39-30(6,7)8)26(23-16-14-22(11-3)15-17-23)27(35)31-19-18-24(34)38-12-4/h3,14-17,21,25-26H,9-10,12-13,18-20H2,1-2,4-8H3,(H,31,35)(H,32,37). The van der Waals surface area contributed by atoms with Crippen LogP contribution in [0.25, 0.3) is 0 Å². The number of unbranched alkanes of at least 4 members (excludes halogenated alkanes) is 1. The molecule has 3 unspecified atom stereocenters. The van der Waals surface area contributed by atoms with E-state index in [4.69, 9.17) is 15.9 Å². The molecular weight excluding hydrogens is 498 g/mol. The number of nitrogens with zero attached hydrogens (tertiary/aromatic N) is 1. The Balaban J connectivity index is 3.45. The molecular formula is C30H45N3O6. The number of hydrogen-bond acceptors (Lipinski definition) is 6. The summed E-state index contributed by atoms with van der Waals surface area (Å²) in [5.41, 5.74) is 0.456. The Bertz CT molecular complexity index is 993. The molecule has 1 rings (SSSR count). The summed E-state index contributed by atoms with van der Waals surface area (Å²) in [6, 6.07) is 4.93. The third kappa shape index (κ3) is 11.4. The fraction of sp³-hybridized carbons (Fsp3) is 0.600. The quantitative estimate of drug-likeness (QED) is 0.266. The number of carbonyl (C=O) groups is 4. The summed E-state index contributed by atoms with van der Waals surface area (Å²) >= 11 is 0. The zero-order valence-electron chi connectivity index (χ0n) is 24.5. The fourth-order valence-electron chi connectivity index (χ4n) is 3.84. The van der Waals surface area contributed by atoms with Crippen LogP contribution in [-0.2, 0) is 23.9 Å². The van der Waals surface area contributed by atoms with Crippen LogP contribution in [-0.4, -0.2) is 60.1 Å². The molecule has 216 valence electrons. The average molecular weight is 544 g/mol. The van der Waals surface area contributed by atoms with Crippen LogP contribution in [0.3, 0.4) is 0 Å². The minimum atomic E-state index is -1.01. The summed E-state index contributed by atoms with van der Waals surface area (Å²) in [7, 11) is 0. The third-order valence-electron chi connectivity index (χ3n) is 6.07. The molecule has 1 aromatic carbocycles. The SMILES string of the molecule is C#Cc1ccc(C(C(=O)NCCC(=O)OCC)N(CCCC)C(=O)C(NC(=O)OC(C)(C)C)C(C)CC)cc1. The summed E-state index contributed by atoms with van der Waals surface area (Å²) in [6.45, 7) is 13.3. The highest BCUT2D eigenvalue weighted by Gasteiger charge is 2.37. The zero-order chi connectivity index (χ0) is 29.6. The molecule has 0 saturated heterocycles. The van der Waals surface area contributed by atoms with E-state index < -0.39 is 41.6 Å². The lowest BCUT2D eigenvalue weighted by Gasteiger charge is -2.36. The molecule has 0 aromatic heterocycles. The highest BCUT2D eigenvalue weighted by atomic mass is 16.6. The Labute approximate surface area is 233 Å². The van der Waals surface area contributed by atoms with Crippen molar-refractivity contribution in [2.24, 2.45) is 5.92 Å². The number of esters is 1. The number of carbonyl (C=O) groups excluding carboxylic acids is 4. The minimum absolute atomic E-state index is 0.000924. The van der Waals surface area contributed by atoms with Crippen LogP contribution in [0.4, 0.5) is 4.79 Å². The van der Waals surface area contributed by atoms with Crippen LogP contribution in [0.5, 0.6) is 0 Å². The van der Waals surface area contributed by atoms with Crippen molar-refractivity contribution in [1.29, 1.82) is 0 Å². The van der Waals surface area contributed by atoms with Gasteiger partial charge in [0.25, 0.3) is 0 Å². The topological polar surface area (TPSA) is 114 Å². The largest absolute Gasteiger partial charge is 0.466 e. The van der Waals surface area contributed by atoms with Crippen molar-refractivity contribution >= 4 is 23.9 Å². The first-order valence-corrected chi connectivity index (χ1v) is 13.7. The molecule has 39 heavy (non-hydrogen) atoms. The van der Waals surface area contributed by atoms with E-state index in [-0.39, 0.29) is 32.0 Å². The molecule has 3 atom stereocenters. The van der Waals surface area contributed by atoms with E-state index >= 15 is 0 Å². The van der Waals surface area contributed by atoms with Gasteiger partial charge in [-0.2, -0.15) is 0 Å². The number of rotatable bonds is 14. The van der Waals surface area contributed by atoms with Crippen LogP contribution in [0, 0.1) is 18.3 Å². The van der Waals surface area contributed by atoms with Gasteiger partial charge in [0.15, 0.2) is 0 Å². The van der Waals surface area contributed by atoms with E-state index in [1.54, 1.807) is 52.0 Å². The predicted octanol–water partition coefficient (Wildman–Crippen LogP) is 4.35. The Morgan fingerprint density at radius 2 is 1.72 bits per heavy atom. The van der Waals surface area contributed by atoms with Crippen LogP contribution in [0.15, 0.2) is 24.3 Å². The minimum Gasteiger partial charge on any atom is -0.466 e. The van der Waals surface area contributed by atoms with Gasteiger partial charge in [-0.3, -0.25) is 14.4 Å². The Kier molecular flexibility index (Phi) is 14.1. The molecule has 9 heteroatoms. The lowest BCUT2D eigenvalue weighted by molar-refractivity contribution is -0.145. The van der Waals surface area contributed by atoms with Crippen molar-refractivity contribution in [3.8, 4) is 12.3 Å². The van der Waals surface area contributed by atoms with Gasteiger partial charge in [-0.05, 0) is 57.7 Å². The monoisotopic (exact) mass is 543 g/mol. The number of hydrogen-bond donors (Lipinski definition) is 2. The number of terminal acetylenes is 1. The maximum Gasteiger partial charge on any atom is 0.408 e. The van der Waals surface area contributed by atoms with Gasteiger partial charge in [-0.1, -0.05) is 51.7 Å². The van der Waals surface area contributed by atoms with Gasteiger partial charge in [0.2, 0.25) is 11.8 Å². The van der Waals surface area contributed by atoms with Crippen molar-refractivity contribution < 1.29 is 28.7 Å². The molecule has 0 bridgehead atoms. The predicted molar refractivity (Wildman–Crippen MR) is 151 cm³/mol. The van der Waals surface area contributed by atoms with E-state index in [1.807, 2.05) is 20.8 Å². The highest BCUT2D eigenvalue weighted by Crippen LogP contribution is 2.25. The molecule has 0 saturated carbocycles. The average Bonchev–Trinajstić information content (AvgIpc) is 2.88. The van der Waals surface area contributed by atoms with Crippen LogP contribution < -0.4 is 10.6 Å². The number of alkyl carbamates (subject to hydrolysis) is 1. The highest BCUT2D eigenvalue weighted by molar-refractivity contribution is 5.92. The molecule has 0 aliphatic carbocycles. The summed E-state index contributed by atoms with van der Waals surface area (Å²) in [4.78, 5) is 53.7. The molecule has 0 heterocycles.